The average molecular weight is 349 g/mol. The second kappa shape index (κ2) is 11.2. The molecule has 0 unspecified atom stereocenters. The lowest BCUT2D eigenvalue weighted by atomic mass is 10.0. The van der Waals surface area contributed by atoms with Gasteiger partial charge in [-0.3, -0.25) is 9.59 Å². The highest BCUT2D eigenvalue weighted by atomic mass is 16.6. The van der Waals surface area contributed by atoms with Crippen LogP contribution in [0, 0.1) is 0 Å². The van der Waals surface area contributed by atoms with Crippen LogP contribution in [0.15, 0.2) is 30.3 Å². The fourth-order valence-corrected chi connectivity index (χ4v) is 2.34. The van der Waals surface area contributed by atoms with Crippen molar-refractivity contribution >= 4 is 17.8 Å². The van der Waals surface area contributed by atoms with E-state index in [0.717, 1.165) is 0 Å². The van der Waals surface area contributed by atoms with Crippen molar-refractivity contribution in [2.45, 2.75) is 58.6 Å². The Balaban J connectivity index is 3.13. The average Bonchev–Trinajstić information content (AvgIpc) is 2.59. The number of benzene rings is 1. The maximum atomic E-state index is 12.4. The molecule has 1 amide bonds. The van der Waals surface area contributed by atoms with Crippen molar-refractivity contribution in [3.8, 4) is 0 Å². The molecule has 0 saturated heterocycles. The van der Waals surface area contributed by atoms with E-state index >= 15 is 0 Å². The molecule has 2 atom stereocenters. The first-order valence-corrected chi connectivity index (χ1v) is 8.73. The standard InChI is InChI=1S/C19H27NO5/c1-4-10-15(21)20-17(19(23)24-6-3)18(25-16(22)11-5-2)14-12-8-7-9-13-14/h7-9,12-13,17-18H,4-6,10-11H2,1-3H3,(H,20,21)/t17-,18-/m1/s1. The van der Waals surface area contributed by atoms with E-state index in [9.17, 15) is 14.4 Å². The molecular weight excluding hydrogens is 322 g/mol. The quantitative estimate of drug-likeness (QED) is 0.657. The predicted molar refractivity (Wildman–Crippen MR) is 93.7 cm³/mol. The third kappa shape index (κ3) is 6.95. The lowest BCUT2D eigenvalue weighted by molar-refractivity contribution is -0.160. The van der Waals surface area contributed by atoms with Crippen LogP contribution < -0.4 is 5.32 Å². The largest absolute Gasteiger partial charge is 0.464 e. The highest BCUT2D eigenvalue weighted by Crippen LogP contribution is 2.23. The molecular formula is C19H27NO5. The number of esters is 2. The van der Waals surface area contributed by atoms with Gasteiger partial charge in [-0.15, -0.1) is 0 Å². The Hall–Kier alpha value is -2.37. The van der Waals surface area contributed by atoms with E-state index in [1.165, 1.54) is 0 Å². The van der Waals surface area contributed by atoms with E-state index in [1.807, 2.05) is 19.9 Å². The number of nitrogens with one attached hydrogen (secondary N) is 1. The van der Waals surface area contributed by atoms with Gasteiger partial charge in [0.1, 0.15) is 0 Å². The zero-order valence-electron chi connectivity index (χ0n) is 15.1. The zero-order chi connectivity index (χ0) is 18.7. The number of carbonyl (C=O) groups excluding carboxylic acids is 3. The predicted octanol–water partition coefficient (Wildman–Crippen LogP) is 2.92. The summed E-state index contributed by atoms with van der Waals surface area (Å²) in [4.78, 5) is 36.5. The smallest absolute Gasteiger partial charge is 0.332 e. The van der Waals surface area contributed by atoms with Gasteiger partial charge in [0.2, 0.25) is 5.91 Å². The summed E-state index contributed by atoms with van der Waals surface area (Å²) < 4.78 is 10.6. The van der Waals surface area contributed by atoms with Crippen LogP contribution in [0.4, 0.5) is 0 Å². The normalized spacial score (nSPS) is 12.8. The molecule has 0 saturated carbocycles. The maximum absolute atomic E-state index is 12.4. The van der Waals surface area contributed by atoms with Gasteiger partial charge < -0.3 is 14.8 Å². The SMILES string of the molecule is CCCC(=O)N[C@@H](C(=O)OCC)[C@H](OC(=O)CCC)c1ccccc1. The van der Waals surface area contributed by atoms with Crippen molar-refractivity contribution in [2.24, 2.45) is 0 Å². The molecule has 0 spiro atoms. The number of rotatable bonds is 10. The van der Waals surface area contributed by atoms with Crippen LogP contribution in [-0.4, -0.2) is 30.5 Å². The summed E-state index contributed by atoms with van der Waals surface area (Å²) in [7, 11) is 0. The second-order valence-electron chi connectivity index (χ2n) is 5.62. The maximum Gasteiger partial charge on any atom is 0.332 e. The highest BCUT2D eigenvalue weighted by molar-refractivity contribution is 5.85. The minimum absolute atomic E-state index is 0.170. The van der Waals surface area contributed by atoms with Crippen molar-refractivity contribution in [1.82, 2.24) is 5.32 Å². The van der Waals surface area contributed by atoms with Gasteiger partial charge in [-0.2, -0.15) is 0 Å². The first kappa shape index (κ1) is 20.7. The molecule has 0 fully saturated rings. The summed E-state index contributed by atoms with van der Waals surface area (Å²) in [5, 5.41) is 2.66. The van der Waals surface area contributed by atoms with Crippen LogP contribution in [-0.2, 0) is 23.9 Å². The fraction of sp³-hybridized carbons (Fsp3) is 0.526. The summed E-state index contributed by atoms with van der Waals surface area (Å²) >= 11 is 0. The van der Waals surface area contributed by atoms with Crippen molar-refractivity contribution in [1.29, 1.82) is 0 Å². The van der Waals surface area contributed by atoms with E-state index in [2.05, 4.69) is 5.32 Å². The highest BCUT2D eigenvalue weighted by Gasteiger charge is 2.35. The Bertz CT molecular complexity index is 558. The van der Waals surface area contributed by atoms with E-state index < -0.39 is 24.1 Å². The monoisotopic (exact) mass is 349 g/mol. The third-order valence-corrected chi connectivity index (χ3v) is 3.48. The van der Waals surface area contributed by atoms with E-state index in [-0.39, 0.29) is 25.4 Å². The van der Waals surface area contributed by atoms with Crippen LogP contribution >= 0.6 is 0 Å². The molecule has 6 nitrogen and oxygen atoms in total. The minimum atomic E-state index is -1.08. The summed E-state index contributed by atoms with van der Waals surface area (Å²) in [6.45, 7) is 5.59. The molecule has 1 N–H and O–H groups in total. The molecule has 25 heavy (non-hydrogen) atoms. The Kier molecular flexibility index (Phi) is 9.29. The van der Waals surface area contributed by atoms with Gasteiger partial charge in [-0.25, -0.2) is 4.79 Å². The van der Waals surface area contributed by atoms with Gasteiger partial charge >= 0.3 is 11.9 Å². The van der Waals surface area contributed by atoms with Crippen molar-refractivity contribution in [2.75, 3.05) is 6.61 Å². The van der Waals surface area contributed by atoms with E-state index in [1.54, 1.807) is 31.2 Å². The molecule has 1 aromatic rings. The Morgan fingerprint density at radius 3 is 2.20 bits per heavy atom. The molecule has 0 aliphatic carbocycles. The molecule has 0 heterocycles. The molecule has 1 rings (SSSR count). The van der Waals surface area contributed by atoms with Gasteiger partial charge in [-0.05, 0) is 25.3 Å². The van der Waals surface area contributed by atoms with Crippen LogP contribution in [0.1, 0.15) is 58.1 Å². The number of carbonyl (C=O) groups is 3. The van der Waals surface area contributed by atoms with Crippen LogP contribution in [0.25, 0.3) is 0 Å². The third-order valence-electron chi connectivity index (χ3n) is 3.48. The van der Waals surface area contributed by atoms with Gasteiger partial charge in [0.05, 0.1) is 6.61 Å². The summed E-state index contributed by atoms with van der Waals surface area (Å²) in [6, 6.07) is 7.81. The molecule has 0 aliphatic heterocycles. The molecule has 0 radical (unpaired) electrons. The first-order valence-electron chi connectivity index (χ1n) is 8.73. The number of hydrogen-bond acceptors (Lipinski definition) is 5. The van der Waals surface area contributed by atoms with Crippen molar-refractivity contribution in [3.63, 3.8) is 0 Å². The molecule has 0 aliphatic rings. The molecule has 138 valence electrons. The van der Waals surface area contributed by atoms with Gasteiger partial charge in [0.25, 0.3) is 0 Å². The van der Waals surface area contributed by atoms with Crippen molar-refractivity contribution in [3.05, 3.63) is 35.9 Å². The van der Waals surface area contributed by atoms with E-state index in [4.69, 9.17) is 9.47 Å². The van der Waals surface area contributed by atoms with E-state index in [0.29, 0.717) is 18.4 Å². The number of ether oxygens (including phenoxy) is 2. The Labute approximate surface area is 148 Å². The first-order chi connectivity index (χ1) is 12.0. The fourth-order valence-electron chi connectivity index (χ4n) is 2.34. The Morgan fingerprint density at radius 2 is 1.64 bits per heavy atom. The van der Waals surface area contributed by atoms with Crippen molar-refractivity contribution < 1.29 is 23.9 Å². The van der Waals surface area contributed by atoms with Crippen LogP contribution in [0.2, 0.25) is 0 Å². The minimum Gasteiger partial charge on any atom is -0.464 e. The second-order valence-corrected chi connectivity index (χ2v) is 5.62. The molecule has 1 aromatic carbocycles. The van der Waals surface area contributed by atoms with Gasteiger partial charge in [-0.1, -0.05) is 44.2 Å². The van der Waals surface area contributed by atoms with Gasteiger partial charge in [0.15, 0.2) is 12.1 Å². The summed E-state index contributed by atoms with van der Waals surface area (Å²) in [5.74, 6) is -1.33. The summed E-state index contributed by atoms with van der Waals surface area (Å²) in [5.41, 5.74) is 0.627. The topological polar surface area (TPSA) is 81.7 Å². The Morgan fingerprint density at radius 1 is 1.00 bits per heavy atom. The van der Waals surface area contributed by atoms with Crippen LogP contribution in [0.3, 0.4) is 0 Å². The molecule has 0 bridgehead atoms. The molecule has 6 heteroatoms. The molecule has 0 aromatic heterocycles. The van der Waals surface area contributed by atoms with Gasteiger partial charge in [0, 0.05) is 12.8 Å². The van der Waals surface area contributed by atoms with Crippen LogP contribution in [0.5, 0.6) is 0 Å². The lowest BCUT2D eigenvalue weighted by Crippen LogP contribution is -2.47. The summed E-state index contributed by atoms with van der Waals surface area (Å²) in [6.07, 6.45) is 0.863. The zero-order valence-corrected chi connectivity index (χ0v) is 15.1. The lowest BCUT2D eigenvalue weighted by Gasteiger charge is -2.27. The number of amides is 1. The number of hydrogen-bond donors (Lipinski definition) is 1.